The van der Waals surface area contributed by atoms with Crippen molar-refractivity contribution in [3.05, 3.63) is 36.3 Å². The van der Waals surface area contributed by atoms with Gasteiger partial charge in [0, 0.05) is 31.2 Å². The topological polar surface area (TPSA) is 28.4 Å². The molecule has 0 aliphatic rings. The summed E-state index contributed by atoms with van der Waals surface area (Å²) in [6.45, 7) is 2.30. The number of aliphatic hydroxyl groups excluding tert-OH is 1. The summed E-state index contributed by atoms with van der Waals surface area (Å²) in [4.78, 5) is 2.02. The van der Waals surface area contributed by atoms with Crippen molar-refractivity contribution in [3.8, 4) is 0 Å². The molecule has 4 heteroatoms. The van der Waals surface area contributed by atoms with Crippen molar-refractivity contribution in [2.75, 3.05) is 26.7 Å². The van der Waals surface area contributed by atoms with Crippen LogP contribution in [0.5, 0.6) is 0 Å². The summed E-state index contributed by atoms with van der Waals surface area (Å²) >= 11 is 0. The number of aromatic nitrogens is 1. The van der Waals surface area contributed by atoms with E-state index in [9.17, 15) is 4.39 Å². The lowest BCUT2D eigenvalue weighted by Gasteiger charge is -2.15. The van der Waals surface area contributed by atoms with Gasteiger partial charge in [-0.3, -0.25) is 0 Å². The molecule has 1 aromatic heterocycles. The van der Waals surface area contributed by atoms with Crippen LogP contribution in [0.2, 0.25) is 0 Å². The molecule has 0 radical (unpaired) electrons. The minimum Gasteiger partial charge on any atom is -0.395 e. The first kappa shape index (κ1) is 12.1. The number of para-hydroxylation sites is 1. The van der Waals surface area contributed by atoms with Crippen LogP contribution in [-0.4, -0.2) is 41.3 Å². The van der Waals surface area contributed by atoms with Gasteiger partial charge in [0.05, 0.1) is 12.1 Å². The maximum atomic E-state index is 13.7. The van der Waals surface area contributed by atoms with E-state index in [-0.39, 0.29) is 12.4 Å². The molecule has 0 atom stereocenters. The largest absolute Gasteiger partial charge is 0.395 e. The maximum absolute atomic E-state index is 13.7. The second-order valence-electron chi connectivity index (χ2n) is 4.21. The molecule has 0 amide bonds. The quantitative estimate of drug-likeness (QED) is 0.856. The third-order valence-electron chi connectivity index (χ3n) is 2.94. The highest BCUT2D eigenvalue weighted by atomic mass is 19.1. The van der Waals surface area contributed by atoms with Gasteiger partial charge in [0.1, 0.15) is 5.82 Å². The highest BCUT2D eigenvalue weighted by Gasteiger charge is 2.06. The van der Waals surface area contributed by atoms with Crippen LogP contribution >= 0.6 is 0 Å². The summed E-state index contributed by atoms with van der Waals surface area (Å²) in [5, 5.41) is 9.73. The Balaban J connectivity index is 2.14. The van der Waals surface area contributed by atoms with Gasteiger partial charge < -0.3 is 14.6 Å². The van der Waals surface area contributed by atoms with E-state index >= 15 is 0 Å². The highest BCUT2D eigenvalue weighted by molar-refractivity contribution is 5.80. The van der Waals surface area contributed by atoms with Gasteiger partial charge in [0.25, 0.3) is 0 Å². The lowest BCUT2D eigenvalue weighted by Crippen LogP contribution is -2.26. The van der Waals surface area contributed by atoms with Crippen molar-refractivity contribution < 1.29 is 9.50 Å². The van der Waals surface area contributed by atoms with Crippen molar-refractivity contribution in [2.45, 2.75) is 6.54 Å². The van der Waals surface area contributed by atoms with Gasteiger partial charge in [-0.15, -0.1) is 0 Å². The Morgan fingerprint density at radius 3 is 2.88 bits per heavy atom. The van der Waals surface area contributed by atoms with E-state index in [0.717, 1.165) is 18.5 Å². The number of aliphatic hydroxyl groups is 1. The lowest BCUT2D eigenvalue weighted by molar-refractivity contribution is 0.218. The van der Waals surface area contributed by atoms with Crippen LogP contribution in [0.4, 0.5) is 4.39 Å². The molecule has 0 fully saturated rings. The Bertz CT molecular complexity index is 495. The molecule has 1 N–H and O–H groups in total. The summed E-state index contributed by atoms with van der Waals surface area (Å²) in [7, 11) is 1.94. The van der Waals surface area contributed by atoms with E-state index in [1.807, 2.05) is 34.8 Å². The molecule has 0 saturated carbocycles. The van der Waals surface area contributed by atoms with Crippen LogP contribution in [0.15, 0.2) is 30.5 Å². The monoisotopic (exact) mass is 236 g/mol. The molecule has 0 bridgehead atoms. The minimum absolute atomic E-state index is 0.150. The normalized spacial score (nSPS) is 11.5. The Hall–Kier alpha value is -1.39. The van der Waals surface area contributed by atoms with Crippen LogP contribution in [-0.2, 0) is 6.54 Å². The molecule has 0 aliphatic heterocycles. The van der Waals surface area contributed by atoms with Crippen LogP contribution in [0.25, 0.3) is 10.9 Å². The van der Waals surface area contributed by atoms with Crippen molar-refractivity contribution in [3.63, 3.8) is 0 Å². The fourth-order valence-electron chi connectivity index (χ4n) is 1.96. The average molecular weight is 236 g/mol. The standard InChI is InChI=1S/C13H17FN2O/c1-15(9-10-17)7-8-16-6-5-11-3-2-4-12(14)13(11)16/h2-6,17H,7-10H2,1H3. The number of hydrogen-bond donors (Lipinski definition) is 1. The van der Waals surface area contributed by atoms with E-state index in [0.29, 0.717) is 12.1 Å². The summed E-state index contributed by atoms with van der Waals surface area (Å²) in [6, 6.07) is 7.03. The van der Waals surface area contributed by atoms with Gasteiger partial charge in [0.2, 0.25) is 0 Å². The zero-order valence-electron chi connectivity index (χ0n) is 9.93. The van der Waals surface area contributed by atoms with Gasteiger partial charge in [-0.05, 0) is 19.2 Å². The van der Waals surface area contributed by atoms with Gasteiger partial charge in [-0.1, -0.05) is 12.1 Å². The Morgan fingerprint density at radius 2 is 2.12 bits per heavy atom. The maximum Gasteiger partial charge on any atom is 0.147 e. The van der Waals surface area contributed by atoms with Crippen molar-refractivity contribution >= 4 is 10.9 Å². The molecular weight excluding hydrogens is 219 g/mol. The predicted molar refractivity (Wildman–Crippen MR) is 66.5 cm³/mol. The molecule has 1 heterocycles. The summed E-state index contributed by atoms with van der Waals surface area (Å²) in [5.41, 5.74) is 0.657. The Morgan fingerprint density at radius 1 is 1.29 bits per heavy atom. The van der Waals surface area contributed by atoms with E-state index in [1.54, 1.807) is 6.07 Å². The van der Waals surface area contributed by atoms with E-state index in [1.165, 1.54) is 6.07 Å². The molecule has 0 unspecified atom stereocenters. The van der Waals surface area contributed by atoms with Gasteiger partial charge in [0.15, 0.2) is 0 Å². The Labute approximate surface area is 100 Å². The van der Waals surface area contributed by atoms with E-state index in [4.69, 9.17) is 5.11 Å². The number of rotatable bonds is 5. The molecule has 2 rings (SSSR count). The zero-order chi connectivity index (χ0) is 12.3. The van der Waals surface area contributed by atoms with Crippen molar-refractivity contribution in [1.82, 2.24) is 9.47 Å². The molecule has 2 aromatic rings. The SMILES string of the molecule is CN(CCO)CCn1ccc2cccc(F)c21. The van der Waals surface area contributed by atoms with Crippen molar-refractivity contribution in [1.29, 1.82) is 0 Å². The van der Waals surface area contributed by atoms with Gasteiger partial charge in [-0.2, -0.15) is 0 Å². The van der Waals surface area contributed by atoms with Crippen LogP contribution < -0.4 is 0 Å². The highest BCUT2D eigenvalue weighted by Crippen LogP contribution is 2.18. The van der Waals surface area contributed by atoms with Crippen molar-refractivity contribution in [2.24, 2.45) is 0 Å². The molecule has 0 aliphatic carbocycles. The number of fused-ring (bicyclic) bond motifs is 1. The Kier molecular flexibility index (Phi) is 3.76. The number of likely N-dealkylation sites (N-methyl/N-ethyl adjacent to an activating group) is 1. The molecule has 17 heavy (non-hydrogen) atoms. The number of benzene rings is 1. The fourth-order valence-corrected chi connectivity index (χ4v) is 1.96. The zero-order valence-corrected chi connectivity index (χ0v) is 9.93. The lowest BCUT2D eigenvalue weighted by atomic mass is 10.2. The second kappa shape index (κ2) is 5.29. The second-order valence-corrected chi connectivity index (χ2v) is 4.21. The first-order valence-corrected chi connectivity index (χ1v) is 5.75. The van der Waals surface area contributed by atoms with E-state index in [2.05, 4.69) is 0 Å². The molecule has 3 nitrogen and oxygen atoms in total. The third kappa shape index (κ3) is 2.65. The molecule has 92 valence electrons. The predicted octanol–water partition coefficient (Wildman–Crippen LogP) is 1.70. The summed E-state index contributed by atoms with van der Waals surface area (Å²) in [5.74, 6) is -0.183. The van der Waals surface area contributed by atoms with Gasteiger partial charge >= 0.3 is 0 Å². The van der Waals surface area contributed by atoms with Crippen LogP contribution in [0.3, 0.4) is 0 Å². The molecule has 0 spiro atoms. The first-order chi connectivity index (χ1) is 8.22. The van der Waals surface area contributed by atoms with Crippen LogP contribution in [0, 0.1) is 5.82 Å². The fraction of sp³-hybridized carbons (Fsp3) is 0.385. The number of hydrogen-bond acceptors (Lipinski definition) is 2. The molecule has 1 aromatic carbocycles. The first-order valence-electron chi connectivity index (χ1n) is 5.75. The molecule has 0 saturated heterocycles. The average Bonchev–Trinajstić information content (AvgIpc) is 2.71. The summed E-state index contributed by atoms with van der Waals surface area (Å²) < 4.78 is 15.6. The van der Waals surface area contributed by atoms with Gasteiger partial charge in [-0.25, -0.2) is 4.39 Å². The molecular formula is C13H17FN2O. The smallest absolute Gasteiger partial charge is 0.147 e. The number of nitrogens with zero attached hydrogens (tertiary/aromatic N) is 2. The number of halogens is 1. The third-order valence-corrected chi connectivity index (χ3v) is 2.94. The minimum atomic E-state index is -0.183. The van der Waals surface area contributed by atoms with E-state index < -0.39 is 0 Å². The van der Waals surface area contributed by atoms with Crippen LogP contribution in [0.1, 0.15) is 0 Å². The summed E-state index contributed by atoms with van der Waals surface area (Å²) in [6.07, 6.45) is 1.90.